The Hall–Kier alpha value is -1.73. The van der Waals surface area contributed by atoms with Crippen LogP contribution in [0.3, 0.4) is 0 Å². The molecule has 1 saturated heterocycles. The third-order valence-corrected chi connectivity index (χ3v) is 5.56. The summed E-state index contributed by atoms with van der Waals surface area (Å²) < 4.78 is 5.24. The van der Waals surface area contributed by atoms with E-state index in [0.29, 0.717) is 30.2 Å². The van der Waals surface area contributed by atoms with Crippen LogP contribution in [0.2, 0.25) is 0 Å². The fraction of sp³-hybridized carbons (Fsp3) is 0.562. The number of carbonyl (C=O) groups is 1. The van der Waals surface area contributed by atoms with Gasteiger partial charge < -0.3 is 14.7 Å². The molecule has 0 spiro atoms. The van der Waals surface area contributed by atoms with Gasteiger partial charge in [0.05, 0.1) is 11.4 Å². The highest BCUT2D eigenvalue weighted by molar-refractivity contribution is 7.14. The number of hydrogen-bond donors (Lipinski definition) is 1. The van der Waals surface area contributed by atoms with Crippen LogP contribution in [-0.4, -0.2) is 34.5 Å². The first-order valence-electron chi connectivity index (χ1n) is 8.12. The molecule has 0 radical (unpaired) electrons. The molecular weight excluding hydrogens is 312 g/mol. The van der Waals surface area contributed by atoms with Crippen molar-refractivity contribution in [2.24, 2.45) is 0 Å². The Kier molecular flexibility index (Phi) is 3.90. The number of rotatable bonds is 5. The summed E-state index contributed by atoms with van der Waals surface area (Å²) in [5, 5.41) is 7.44. The lowest BCUT2D eigenvalue weighted by atomic mass is 10.2. The summed E-state index contributed by atoms with van der Waals surface area (Å²) in [5.41, 5.74) is 0. The third-order valence-electron chi connectivity index (χ3n) is 4.38. The van der Waals surface area contributed by atoms with Crippen LogP contribution in [0.15, 0.2) is 16.7 Å². The third kappa shape index (κ3) is 3.16. The predicted octanol–water partition coefficient (Wildman–Crippen LogP) is 2.71. The van der Waals surface area contributed by atoms with Crippen molar-refractivity contribution in [2.45, 2.75) is 44.2 Å². The SMILES string of the molecule is CN(Cc1noc(C2CC2)n1)C(=O)c1ccc([C@H]2CCCN2)s1. The van der Waals surface area contributed by atoms with E-state index in [4.69, 9.17) is 4.52 Å². The summed E-state index contributed by atoms with van der Waals surface area (Å²) in [7, 11) is 1.78. The van der Waals surface area contributed by atoms with Crippen molar-refractivity contribution in [2.75, 3.05) is 13.6 Å². The number of nitrogens with zero attached hydrogens (tertiary/aromatic N) is 3. The van der Waals surface area contributed by atoms with E-state index in [1.54, 1.807) is 23.3 Å². The zero-order chi connectivity index (χ0) is 15.8. The first-order valence-corrected chi connectivity index (χ1v) is 8.93. The van der Waals surface area contributed by atoms with Gasteiger partial charge in [-0.2, -0.15) is 4.98 Å². The second-order valence-corrected chi connectivity index (χ2v) is 7.45. The van der Waals surface area contributed by atoms with Crippen molar-refractivity contribution in [3.8, 4) is 0 Å². The molecule has 1 N–H and O–H groups in total. The van der Waals surface area contributed by atoms with Crippen molar-refractivity contribution in [1.29, 1.82) is 0 Å². The molecule has 6 nitrogen and oxygen atoms in total. The summed E-state index contributed by atoms with van der Waals surface area (Å²) in [6, 6.07) is 4.39. The molecule has 2 aromatic rings. The van der Waals surface area contributed by atoms with E-state index in [9.17, 15) is 4.79 Å². The molecule has 4 rings (SSSR count). The Morgan fingerprint density at radius 3 is 3.04 bits per heavy atom. The van der Waals surface area contributed by atoms with Crippen LogP contribution < -0.4 is 5.32 Å². The molecule has 1 amide bonds. The maximum Gasteiger partial charge on any atom is 0.264 e. The van der Waals surface area contributed by atoms with Gasteiger partial charge in [-0.3, -0.25) is 4.79 Å². The fourth-order valence-electron chi connectivity index (χ4n) is 2.88. The van der Waals surface area contributed by atoms with Gasteiger partial charge in [0.15, 0.2) is 5.82 Å². The summed E-state index contributed by atoms with van der Waals surface area (Å²) in [6.45, 7) is 1.44. The molecule has 1 aliphatic carbocycles. The van der Waals surface area contributed by atoms with Crippen molar-refractivity contribution >= 4 is 17.2 Å². The van der Waals surface area contributed by atoms with Crippen LogP contribution in [0.4, 0.5) is 0 Å². The van der Waals surface area contributed by atoms with Crippen molar-refractivity contribution in [1.82, 2.24) is 20.4 Å². The summed E-state index contributed by atoms with van der Waals surface area (Å²) in [5.74, 6) is 1.75. The molecule has 122 valence electrons. The average Bonchev–Trinajstić information content (AvgIpc) is 3.02. The lowest BCUT2D eigenvalue weighted by molar-refractivity contribution is 0.0785. The molecule has 2 aliphatic rings. The van der Waals surface area contributed by atoms with Crippen molar-refractivity contribution in [3.63, 3.8) is 0 Å². The fourth-order valence-corrected chi connectivity index (χ4v) is 3.99. The standard InChI is InChI=1S/C16H20N4O2S/c1-20(9-14-18-15(22-19-14)10-4-5-10)16(21)13-7-6-12(23-13)11-3-2-8-17-11/h6-7,10-11,17H,2-5,8-9H2,1H3/t11-/m1/s1. The predicted molar refractivity (Wildman–Crippen MR) is 86.4 cm³/mol. The summed E-state index contributed by atoms with van der Waals surface area (Å²) in [4.78, 5) is 20.6. The van der Waals surface area contributed by atoms with E-state index >= 15 is 0 Å². The van der Waals surface area contributed by atoms with Gasteiger partial charge in [0.1, 0.15) is 0 Å². The van der Waals surface area contributed by atoms with Crippen LogP contribution in [0.1, 0.15) is 63.9 Å². The number of hydrogen-bond acceptors (Lipinski definition) is 6. The summed E-state index contributed by atoms with van der Waals surface area (Å²) >= 11 is 1.58. The number of carbonyl (C=O) groups excluding carboxylic acids is 1. The van der Waals surface area contributed by atoms with Gasteiger partial charge in [-0.1, -0.05) is 5.16 Å². The quantitative estimate of drug-likeness (QED) is 0.911. The van der Waals surface area contributed by atoms with E-state index in [0.717, 1.165) is 30.7 Å². The molecule has 3 heterocycles. The smallest absolute Gasteiger partial charge is 0.264 e. The molecule has 2 aromatic heterocycles. The Morgan fingerprint density at radius 1 is 1.43 bits per heavy atom. The normalized spacial score (nSPS) is 20.8. The summed E-state index contributed by atoms with van der Waals surface area (Å²) in [6.07, 6.45) is 4.61. The minimum atomic E-state index is 0.0111. The maximum absolute atomic E-state index is 12.6. The van der Waals surface area contributed by atoms with Crippen LogP contribution in [0, 0.1) is 0 Å². The van der Waals surface area contributed by atoms with Crippen molar-refractivity contribution < 1.29 is 9.32 Å². The molecular formula is C16H20N4O2S. The average molecular weight is 332 g/mol. The van der Waals surface area contributed by atoms with Crippen LogP contribution in [0.25, 0.3) is 0 Å². The lowest BCUT2D eigenvalue weighted by Gasteiger charge is -2.13. The highest BCUT2D eigenvalue weighted by atomic mass is 32.1. The zero-order valence-corrected chi connectivity index (χ0v) is 13.9. The first-order chi connectivity index (χ1) is 11.2. The van der Waals surface area contributed by atoms with Gasteiger partial charge in [0.2, 0.25) is 5.89 Å². The van der Waals surface area contributed by atoms with Crippen LogP contribution in [-0.2, 0) is 6.54 Å². The molecule has 0 aromatic carbocycles. The van der Waals surface area contributed by atoms with E-state index < -0.39 is 0 Å². The molecule has 0 bridgehead atoms. The molecule has 1 aliphatic heterocycles. The molecule has 2 fully saturated rings. The second kappa shape index (κ2) is 6.05. The minimum Gasteiger partial charge on any atom is -0.339 e. The van der Waals surface area contributed by atoms with Crippen molar-refractivity contribution in [3.05, 3.63) is 33.6 Å². The largest absolute Gasteiger partial charge is 0.339 e. The van der Waals surface area contributed by atoms with Gasteiger partial charge >= 0.3 is 0 Å². The van der Waals surface area contributed by atoms with Gasteiger partial charge in [-0.25, -0.2) is 0 Å². The van der Waals surface area contributed by atoms with E-state index in [-0.39, 0.29) is 5.91 Å². The highest BCUT2D eigenvalue weighted by Gasteiger charge is 2.30. The molecule has 7 heteroatoms. The van der Waals surface area contributed by atoms with E-state index in [1.807, 2.05) is 6.07 Å². The number of aromatic nitrogens is 2. The first kappa shape index (κ1) is 14.8. The molecule has 23 heavy (non-hydrogen) atoms. The second-order valence-electron chi connectivity index (χ2n) is 6.34. The van der Waals surface area contributed by atoms with Crippen LogP contribution in [0.5, 0.6) is 0 Å². The Bertz CT molecular complexity index is 701. The van der Waals surface area contributed by atoms with E-state index in [1.165, 1.54) is 11.3 Å². The molecule has 1 atom stereocenters. The number of thiophene rings is 1. The zero-order valence-electron chi connectivity index (χ0n) is 13.1. The molecule has 1 saturated carbocycles. The maximum atomic E-state index is 12.6. The van der Waals surface area contributed by atoms with E-state index in [2.05, 4.69) is 21.5 Å². The monoisotopic (exact) mass is 332 g/mol. The highest BCUT2D eigenvalue weighted by Crippen LogP contribution is 2.38. The molecule has 0 unspecified atom stereocenters. The Labute approximate surface area is 138 Å². The minimum absolute atomic E-state index is 0.0111. The van der Waals surface area contributed by atoms with Gasteiger partial charge in [0.25, 0.3) is 5.91 Å². The number of nitrogens with one attached hydrogen (secondary N) is 1. The van der Waals surface area contributed by atoms with Crippen LogP contribution >= 0.6 is 11.3 Å². The lowest BCUT2D eigenvalue weighted by Crippen LogP contribution is -2.26. The topological polar surface area (TPSA) is 71.3 Å². The Morgan fingerprint density at radius 2 is 2.30 bits per heavy atom. The number of amides is 1. The van der Waals surface area contributed by atoms with Gasteiger partial charge in [0, 0.05) is 23.9 Å². The Balaban J connectivity index is 1.40. The van der Waals surface area contributed by atoms with Gasteiger partial charge in [-0.05, 0) is 44.4 Å². The van der Waals surface area contributed by atoms with Gasteiger partial charge in [-0.15, -0.1) is 11.3 Å².